The Hall–Kier alpha value is -1.29. The fourth-order valence-corrected chi connectivity index (χ4v) is 4.46. The fraction of sp³-hybridized carbons (Fsp3) is 0.632. The van der Waals surface area contributed by atoms with E-state index >= 15 is 0 Å². The van der Waals surface area contributed by atoms with Crippen molar-refractivity contribution in [2.45, 2.75) is 64.3 Å². The number of carbonyl (C=O) groups is 1. The number of fused-ring (bicyclic) bond motifs is 1. The first-order valence-corrected chi connectivity index (χ1v) is 11.6. The first-order valence-electron chi connectivity index (χ1n) is 8.68. The van der Waals surface area contributed by atoms with Gasteiger partial charge in [0.05, 0.1) is 5.92 Å². The molecular formula is C19H28O3Si. The highest BCUT2D eigenvalue weighted by atomic mass is 28.4. The predicted octanol–water partition coefficient (Wildman–Crippen LogP) is 5.08. The van der Waals surface area contributed by atoms with Crippen molar-refractivity contribution in [2.75, 3.05) is 0 Å². The maximum Gasteiger partial charge on any atom is 0.309 e. The van der Waals surface area contributed by atoms with E-state index in [1.165, 1.54) is 0 Å². The van der Waals surface area contributed by atoms with Gasteiger partial charge in [-0.15, -0.1) is 0 Å². The predicted molar refractivity (Wildman–Crippen MR) is 93.9 cm³/mol. The molecule has 0 N–H and O–H groups in total. The zero-order valence-corrected chi connectivity index (χ0v) is 15.9. The van der Waals surface area contributed by atoms with Crippen molar-refractivity contribution >= 4 is 14.3 Å². The van der Waals surface area contributed by atoms with Gasteiger partial charge in [0.1, 0.15) is 11.9 Å². The molecule has 1 aromatic carbocycles. The molecule has 3 rings (SSSR count). The molecule has 1 unspecified atom stereocenters. The van der Waals surface area contributed by atoms with Crippen LogP contribution in [0.3, 0.4) is 0 Å². The summed E-state index contributed by atoms with van der Waals surface area (Å²) in [5.74, 6) is 1.42. The molecule has 1 aliphatic carbocycles. The van der Waals surface area contributed by atoms with Gasteiger partial charge in [-0.1, -0.05) is 39.3 Å². The van der Waals surface area contributed by atoms with Crippen molar-refractivity contribution in [3.8, 4) is 5.75 Å². The molecule has 23 heavy (non-hydrogen) atoms. The summed E-state index contributed by atoms with van der Waals surface area (Å²) in [6.45, 7) is 11.2. The summed E-state index contributed by atoms with van der Waals surface area (Å²) < 4.78 is 12.0. The van der Waals surface area contributed by atoms with Gasteiger partial charge in [0.2, 0.25) is 8.32 Å². The largest absolute Gasteiger partial charge is 0.544 e. The van der Waals surface area contributed by atoms with E-state index in [0.29, 0.717) is 5.92 Å². The second-order valence-electron chi connectivity index (χ2n) is 8.49. The summed E-state index contributed by atoms with van der Waals surface area (Å²) in [5, 5.41) is 0.184. The van der Waals surface area contributed by atoms with Crippen molar-refractivity contribution in [1.29, 1.82) is 0 Å². The highest BCUT2D eigenvalue weighted by Gasteiger charge is 2.47. The second kappa shape index (κ2) is 5.66. The number of hydrogen-bond acceptors (Lipinski definition) is 3. The standard InChI is InChI=1S/C19H28O3Si/c1-19(2,3)23(4,5)22-14-11-9-13(10-12-14)17-15-7-6-8-16(15)18(20)21-17/h9-12,15-17H,6-8H2,1-5H3/t15-,16+,17?/m1/s1. The van der Waals surface area contributed by atoms with E-state index in [1.54, 1.807) is 0 Å². The highest BCUT2D eigenvalue weighted by molar-refractivity contribution is 6.74. The van der Waals surface area contributed by atoms with Gasteiger partial charge in [-0.3, -0.25) is 4.79 Å². The Morgan fingerprint density at radius 3 is 2.39 bits per heavy atom. The minimum absolute atomic E-state index is 0.000833. The average Bonchev–Trinajstić information content (AvgIpc) is 3.03. The second-order valence-corrected chi connectivity index (χ2v) is 13.2. The molecule has 0 radical (unpaired) electrons. The van der Waals surface area contributed by atoms with Crippen LogP contribution in [-0.2, 0) is 9.53 Å². The molecule has 1 aromatic rings. The summed E-state index contributed by atoms with van der Waals surface area (Å²) in [4.78, 5) is 12.0. The third kappa shape index (κ3) is 3.05. The third-order valence-electron chi connectivity index (χ3n) is 5.89. The van der Waals surface area contributed by atoms with Crippen molar-refractivity contribution in [1.82, 2.24) is 0 Å². The molecule has 2 fully saturated rings. The van der Waals surface area contributed by atoms with Crippen LogP contribution in [0.25, 0.3) is 0 Å². The Bertz CT molecular complexity index is 586. The quantitative estimate of drug-likeness (QED) is 0.571. The lowest BCUT2D eigenvalue weighted by Gasteiger charge is -2.36. The maximum absolute atomic E-state index is 12.0. The van der Waals surface area contributed by atoms with Crippen LogP contribution in [-0.4, -0.2) is 14.3 Å². The van der Waals surface area contributed by atoms with E-state index in [9.17, 15) is 4.79 Å². The van der Waals surface area contributed by atoms with Crippen molar-refractivity contribution < 1.29 is 14.0 Å². The monoisotopic (exact) mass is 332 g/mol. The molecule has 0 aromatic heterocycles. The van der Waals surface area contributed by atoms with E-state index in [-0.39, 0.29) is 23.0 Å². The van der Waals surface area contributed by atoms with Crippen LogP contribution in [0, 0.1) is 11.8 Å². The van der Waals surface area contributed by atoms with Crippen molar-refractivity contribution in [2.24, 2.45) is 11.8 Å². The Morgan fingerprint density at radius 1 is 1.13 bits per heavy atom. The van der Waals surface area contributed by atoms with Crippen LogP contribution < -0.4 is 4.43 Å². The lowest BCUT2D eigenvalue weighted by Crippen LogP contribution is -2.43. The summed E-state index contributed by atoms with van der Waals surface area (Å²) >= 11 is 0. The van der Waals surface area contributed by atoms with Crippen LogP contribution in [0.2, 0.25) is 18.1 Å². The van der Waals surface area contributed by atoms with E-state index in [4.69, 9.17) is 9.16 Å². The normalized spacial score (nSPS) is 27.7. The van der Waals surface area contributed by atoms with Gasteiger partial charge in [0.25, 0.3) is 0 Å². The van der Waals surface area contributed by atoms with Gasteiger partial charge in [0, 0.05) is 5.92 Å². The summed E-state index contributed by atoms with van der Waals surface area (Å²) in [6.07, 6.45) is 3.18. The smallest absolute Gasteiger partial charge is 0.309 e. The van der Waals surface area contributed by atoms with Crippen molar-refractivity contribution in [3.05, 3.63) is 29.8 Å². The Labute approximate surface area is 140 Å². The molecule has 4 heteroatoms. The Kier molecular flexibility index (Phi) is 4.07. The average molecular weight is 333 g/mol. The van der Waals surface area contributed by atoms with E-state index < -0.39 is 8.32 Å². The number of hydrogen-bond donors (Lipinski definition) is 0. The number of esters is 1. The SMILES string of the molecule is CC(C)(C)[Si](C)(C)Oc1ccc(C2OC(=O)[C@H]3CCC[C@@H]23)cc1. The van der Waals surface area contributed by atoms with Crippen LogP contribution in [0.1, 0.15) is 51.7 Å². The minimum Gasteiger partial charge on any atom is -0.544 e. The highest BCUT2D eigenvalue weighted by Crippen LogP contribution is 2.48. The summed E-state index contributed by atoms with van der Waals surface area (Å²) in [5.41, 5.74) is 1.11. The lowest BCUT2D eigenvalue weighted by molar-refractivity contribution is -0.144. The molecule has 0 bridgehead atoms. The maximum atomic E-state index is 12.0. The molecular weight excluding hydrogens is 304 g/mol. The third-order valence-corrected chi connectivity index (χ3v) is 10.3. The van der Waals surface area contributed by atoms with Gasteiger partial charge in [-0.25, -0.2) is 0 Å². The molecule has 3 atom stereocenters. The summed E-state index contributed by atoms with van der Waals surface area (Å²) in [7, 11) is -1.81. The van der Waals surface area contributed by atoms with Gasteiger partial charge >= 0.3 is 5.97 Å². The van der Waals surface area contributed by atoms with Gasteiger partial charge < -0.3 is 9.16 Å². The van der Waals surface area contributed by atoms with Crippen molar-refractivity contribution in [3.63, 3.8) is 0 Å². The van der Waals surface area contributed by atoms with Crippen LogP contribution in [0.5, 0.6) is 5.75 Å². The summed E-state index contributed by atoms with van der Waals surface area (Å²) in [6, 6.07) is 8.21. The molecule has 0 amide bonds. The fourth-order valence-electron chi connectivity index (χ4n) is 3.43. The van der Waals surface area contributed by atoms with Crippen LogP contribution in [0.15, 0.2) is 24.3 Å². The molecule has 0 spiro atoms. The van der Waals surface area contributed by atoms with Gasteiger partial charge in [0.15, 0.2) is 0 Å². The van der Waals surface area contributed by atoms with Gasteiger partial charge in [-0.05, 0) is 48.7 Å². The number of benzene rings is 1. The van der Waals surface area contributed by atoms with E-state index in [2.05, 4.69) is 46.0 Å². The molecule has 2 aliphatic rings. The molecule has 1 saturated heterocycles. The van der Waals surface area contributed by atoms with Crippen LogP contribution >= 0.6 is 0 Å². The number of ether oxygens (including phenoxy) is 1. The number of rotatable bonds is 3. The minimum atomic E-state index is -1.81. The molecule has 3 nitrogen and oxygen atoms in total. The molecule has 126 valence electrons. The van der Waals surface area contributed by atoms with E-state index in [0.717, 1.165) is 30.6 Å². The zero-order chi connectivity index (χ0) is 16.8. The lowest BCUT2D eigenvalue weighted by atomic mass is 9.90. The van der Waals surface area contributed by atoms with Gasteiger partial charge in [-0.2, -0.15) is 0 Å². The zero-order valence-electron chi connectivity index (χ0n) is 14.9. The number of cyclic esters (lactones) is 1. The van der Waals surface area contributed by atoms with Crippen LogP contribution in [0.4, 0.5) is 0 Å². The molecule has 1 heterocycles. The molecule has 1 saturated carbocycles. The Morgan fingerprint density at radius 2 is 1.78 bits per heavy atom. The van der Waals surface area contributed by atoms with E-state index in [1.807, 2.05) is 12.1 Å². The topological polar surface area (TPSA) is 35.5 Å². The first-order chi connectivity index (χ1) is 10.7. The first kappa shape index (κ1) is 16.6. The Balaban J connectivity index is 1.74. The molecule has 1 aliphatic heterocycles. The number of carbonyl (C=O) groups excluding carboxylic acids is 1.